The zero-order valence-corrected chi connectivity index (χ0v) is 10.8. The number of aromatic nitrogens is 2. The first-order valence-electron chi connectivity index (χ1n) is 6.30. The topological polar surface area (TPSA) is 87.3 Å². The van der Waals surface area contributed by atoms with Gasteiger partial charge in [0.15, 0.2) is 0 Å². The van der Waals surface area contributed by atoms with Gasteiger partial charge in [0, 0.05) is 18.5 Å². The molecule has 1 aromatic carbocycles. The molecule has 19 heavy (non-hydrogen) atoms. The van der Waals surface area contributed by atoms with Gasteiger partial charge < -0.3 is 10.0 Å². The molecule has 0 amide bonds. The van der Waals surface area contributed by atoms with Crippen molar-refractivity contribution in [2.24, 2.45) is 5.84 Å². The third-order valence-electron chi connectivity index (χ3n) is 3.46. The molecule has 0 radical (unpaired) electrons. The predicted molar refractivity (Wildman–Crippen MR) is 74.8 cm³/mol. The van der Waals surface area contributed by atoms with Gasteiger partial charge in [0.05, 0.1) is 11.1 Å². The Balaban J connectivity index is 2.11. The molecule has 1 aliphatic heterocycles. The second-order valence-corrected chi connectivity index (χ2v) is 5.20. The van der Waals surface area contributed by atoms with E-state index in [2.05, 4.69) is 20.3 Å². The first kappa shape index (κ1) is 12.1. The third kappa shape index (κ3) is 2.20. The van der Waals surface area contributed by atoms with Gasteiger partial charge in [-0.25, -0.2) is 10.8 Å². The lowest BCUT2D eigenvalue weighted by atomic mass is 10.1. The highest BCUT2D eigenvalue weighted by Crippen LogP contribution is 2.30. The Kier molecular flexibility index (Phi) is 2.76. The second-order valence-electron chi connectivity index (χ2n) is 5.20. The minimum absolute atomic E-state index is 0.389. The molecule has 4 N–H and O–H groups in total. The van der Waals surface area contributed by atoms with Crippen LogP contribution >= 0.6 is 0 Å². The smallest absolute Gasteiger partial charge is 0.239 e. The minimum atomic E-state index is -0.664. The van der Waals surface area contributed by atoms with Crippen molar-refractivity contribution in [1.29, 1.82) is 0 Å². The van der Waals surface area contributed by atoms with Crippen LogP contribution in [0.3, 0.4) is 0 Å². The van der Waals surface area contributed by atoms with Crippen LogP contribution in [-0.2, 0) is 0 Å². The van der Waals surface area contributed by atoms with Crippen LogP contribution in [0, 0.1) is 0 Å². The average Bonchev–Trinajstić information content (AvgIpc) is 2.77. The number of β-amino-alcohol motifs (C(OH)–C–C–N with tert-alkyl or cyclic N) is 1. The summed E-state index contributed by atoms with van der Waals surface area (Å²) in [6, 6.07) is 7.80. The number of hydrogen-bond donors (Lipinski definition) is 3. The van der Waals surface area contributed by atoms with E-state index in [0.717, 1.165) is 29.7 Å². The van der Waals surface area contributed by atoms with E-state index in [1.807, 2.05) is 31.2 Å². The molecular formula is C13H17N5O. The van der Waals surface area contributed by atoms with Crippen LogP contribution in [-0.4, -0.2) is 33.8 Å². The fraction of sp³-hybridized carbons (Fsp3) is 0.385. The summed E-state index contributed by atoms with van der Waals surface area (Å²) in [5.74, 6) is 6.62. The van der Waals surface area contributed by atoms with E-state index in [4.69, 9.17) is 5.84 Å². The summed E-state index contributed by atoms with van der Waals surface area (Å²) in [5, 5.41) is 11.1. The molecule has 1 fully saturated rings. The highest BCUT2D eigenvalue weighted by atomic mass is 16.3. The lowest BCUT2D eigenvalue weighted by molar-refractivity contribution is 0.0839. The molecule has 2 aromatic rings. The molecule has 1 aliphatic rings. The van der Waals surface area contributed by atoms with Gasteiger partial charge in [-0.2, -0.15) is 4.98 Å². The molecule has 6 nitrogen and oxygen atoms in total. The van der Waals surface area contributed by atoms with Gasteiger partial charge in [-0.05, 0) is 25.5 Å². The maximum Gasteiger partial charge on any atom is 0.239 e. The molecule has 100 valence electrons. The second kappa shape index (κ2) is 4.32. The molecular weight excluding hydrogens is 242 g/mol. The van der Waals surface area contributed by atoms with E-state index >= 15 is 0 Å². The molecule has 1 atom stereocenters. The summed E-state index contributed by atoms with van der Waals surface area (Å²) in [6.07, 6.45) is 0.733. The Bertz CT molecular complexity index is 613. The summed E-state index contributed by atoms with van der Waals surface area (Å²) in [5.41, 5.74) is 2.67. The first-order chi connectivity index (χ1) is 9.09. The molecule has 6 heteroatoms. The Morgan fingerprint density at radius 2 is 2.16 bits per heavy atom. The number of hydrazine groups is 1. The zero-order valence-electron chi connectivity index (χ0n) is 10.8. The van der Waals surface area contributed by atoms with Crippen LogP contribution in [0.2, 0.25) is 0 Å². The number of para-hydroxylation sites is 1. The fourth-order valence-electron chi connectivity index (χ4n) is 2.49. The van der Waals surface area contributed by atoms with Gasteiger partial charge in [-0.3, -0.25) is 5.43 Å². The molecule has 1 aromatic heterocycles. The predicted octanol–water partition coefficient (Wildman–Crippen LogP) is 0.876. The van der Waals surface area contributed by atoms with Crippen LogP contribution in [0.25, 0.3) is 10.9 Å². The van der Waals surface area contributed by atoms with E-state index in [-0.39, 0.29) is 0 Å². The molecule has 1 saturated heterocycles. The Morgan fingerprint density at radius 1 is 1.37 bits per heavy atom. The number of nitrogens with zero attached hydrogens (tertiary/aromatic N) is 3. The van der Waals surface area contributed by atoms with Gasteiger partial charge >= 0.3 is 0 Å². The van der Waals surface area contributed by atoms with Gasteiger partial charge in [0.25, 0.3) is 0 Å². The molecule has 0 bridgehead atoms. The standard InChI is InChI=1S/C13H17N5O/c1-13(19)6-7-18(8-13)11-9-4-2-3-5-10(9)15-12(16-11)17-14/h2-5,19H,6-8,14H2,1H3,(H,15,16,17). The van der Waals surface area contributed by atoms with Crippen LogP contribution in [0.15, 0.2) is 24.3 Å². The zero-order chi connectivity index (χ0) is 13.5. The highest BCUT2D eigenvalue weighted by molar-refractivity contribution is 5.90. The Morgan fingerprint density at radius 3 is 2.84 bits per heavy atom. The highest BCUT2D eigenvalue weighted by Gasteiger charge is 2.32. The van der Waals surface area contributed by atoms with Gasteiger partial charge in [0.2, 0.25) is 5.95 Å². The van der Waals surface area contributed by atoms with Gasteiger partial charge in [-0.1, -0.05) is 12.1 Å². The van der Waals surface area contributed by atoms with Crippen molar-refractivity contribution < 1.29 is 5.11 Å². The Labute approximate surface area is 111 Å². The minimum Gasteiger partial charge on any atom is -0.388 e. The van der Waals surface area contributed by atoms with E-state index in [1.54, 1.807) is 0 Å². The molecule has 2 heterocycles. The quantitative estimate of drug-likeness (QED) is 0.548. The number of rotatable bonds is 2. The van der Waals surface area contributed by atoms with Crippen molar-refractivity contribution in [2.75, 3.05) is 23.4 Å². The number of hydrogen-bond acceptors (Lipinski definition) is 6. The summed E-state index contributed by atoms with van der Waals surface area (Å²) in [4.78, 5) is 10.8. The summed E-state index contributed by atoms with van der Waals surface area (Å²) < 4.78 is 0. The molecule has 0 spiro atoms. The fourth-order valence-corrected chi connectivity index (χ4v) is 2.49. The van der Waals surface area contributed by atoms with E-state index < -0.39 is 5.60 Å². The van der Waals surface area contributed by atoms with Crippen LogP contribution < -0.4 is 16.2 Å². The van der Waals surface area contributed by atoms with Crippen molar-refractivity contribution in [3.63, 3.8) is 0 Å². The molecule has 0 aliphatic carbocycles. The van der Waals surface area contributed by atoms with Crippen molar-refractivity contribution >= 4 is 22.7 Å². The van der Waals surface area contributed by atoms with Crippen LogP contribution in [0.1, 0.15) is 13.3 Å². The number of fused-ring (bicyclic) bond motifs is 1. The normalized spacial score (nSPS) is 23.0. The number of nitrogens with one attached hydrogen (secondary N) is 1. The largest absolute Gasteiger partial charge is 0.388 e. The molecule has 1 unspecified atom stereocenters. The van der Waals surface area contributed by atoms with Gasteiger partial charge in [0.1, 0.15) is 5.82 Å². The number of anilines is 2. The van der Waals surface area contributed by atoms with Crippen LogP contribution in [0.5, 0.6) is 0 Å². The van der Waals surface area contributed by atoms with Crippen molar-refractivity contribution in [3.05, 3.63) is 24.3 Å². The third-order valence-corrected chi connectivity index (χ3v) is 3.46. The Hall–Kier alpha value is -1.92. The lowest BCUT2D eigenvalue weighted by Crippen LogP contribution is -2.30. The number of nitrogens with two attached hydrogens (primary N) is 1. The first-order valence-corrected chi connectivity index (χ1v) is 6.30. The average molecular weight is 259 g/mol. The molecule has 0 saturated carbocycles. The number of nitrogen functional groups attached to an aromatic ring is 1. The van der Waals surface area contributed by atoms with Crippen molar-refractivity contribution in [3.8, 4) is 0 Å². The monoisotopic (exact) mass is 259 g/mol. The maximum atomic E-state index is 10.1. The SMILES string of the molecule is CC1(O)CCN(c2nc(NN)nc3ccccc23)C1. The van der Waals surface area contributed by atoms with Gasteiger partial charge in [-0.15, -0.1) is 0 Å². The van der Waals surface area contributed by atoms with Crippen molar-refractivity contribution in [2.45, 2.75) is 18.9 Å². The van der Waals surface area contributed by atoms with E-state index in [0.29, 0.717) is 12.5 Å². The number of benzene rings is 1. The maximum absolute atomic E-state index is 10.1. The molecule has 3 rings (SSSR count). The summed E-state index contributed by atoms with van der Waals surface area (Å²) in [6.45, 7) is 3.19. The van der Waals surface area contributed by atoms with E-state index in [9.17, 15) is 5.11 Å². The van der Waals surface area contributed by atoms with E-state index in [1.165, 1.54) is 0 Å². The van der Waals surface area contributed by atoms with Crippen molar-refractivity contribution in [1.82, 2.24) is 9.97 Å². The number of aliphatic hydroxyl groups is 1. The van der Waals surface area contributed by atoms with Crippen LogP contribution in [0.4, 0.5) is 11.8 Å². The summed E-state index contributed by atoms with van der Waals surface area (Å²) in [7, 11) is 0. The lowest BCUT2D eigenvalue weighted by Gasteiger charge is -2.21. The summed E-state index contributed by atoms with van der Waals surface area (Å²) >= 11 is 0.